The molecule has 0 atom stereocenters. The summed E-state index contributed by atoms with van der Waals surface area (Å²) in [4.78, 5) is 37.4. The molecule has 1 fully saturated rings. The number of nitro benzene ring substituents is 1. The van der Waals surface area contributed by atoms with Crippen molar-refractivity contribution in [2.24, 2.45) is 0 Å². The van der Waals surface area contributed by atoms with Crippen molar-refractivity contribution in [2.75, 3.05) is 18.7 Å². The number of thioether (sulfide) groups is 1. The summed E-state index contributed by atoms with van der Waals surface area (Å²) < 4.78 is 11.1. The van der Waals surface area contributed by atoms with Crippen LogP contribution in [0.4, 0.5) is 11.4 Å². The highest BCUT2D eigenvalue weighted by Gasteiger charge is 2.31. The van der Waals surface area contributed by atoms with Crippen molar-refractivity contribution in [1.82, 2.24) is 4.90 Å². The first-order chi connectivity index (χ1) is 15.4. The van der Waals surface area contributed by atoms with Crippen molar-refractivity contribution in [3.05, 3.63) is 63.0 Å². The summed E-state index contributed by atoms with van der Waals surface area (Å²) >= 11 is 6.52. The van der Waals surface area contributed by atoms with E-state index in [1.807, 2.05) is 6.07 Å². The van der Waals surface area contributed by atoms with Crippen LogP contribution in [-0.4, -0.2) is 39.3 Å². The largest absolute Gasteiger partial charge is 0.454 e. The zero-order valence-corrected chi connectivity index (χ0v) is 18.2. The molecule has 32 heavy (non-hydrogen) atoms. The Hall–Kier alpha value is -3.44. The fraction of sp³-hybridized carbons (Fsp3) is 0.190. The lowest BCUT2D eigenvalue weighted by atomic mass is 10.2. The number of nitro groups is 1. The number of carbonyl (C=O) groups excluding carboxylic acids is 2. The molecular weight excluding hydrogens is 454 g/mol. The molecule has 2 amide bonds. The molecule has 2 aromatic rings. The van der Waals surface area contributed by atoms with Gasteiger partial charge in [0.15, 0.2) is 11.5 Å². The maximum absolute atomic E-state index is 12.8. The highest BCUT2D eigenvalue weighted by molar-refractivity contribution is 8.26. The number of thiocarbonyl (C=S) groups is 1. The van der Waals surface area contributed by atoms with E-state index < -0.39 is 4.92 Å². The van der Waals surface area contributed by atoms with Crippen LogP contribution in [0.15, 0.2) is 47.4 Å². The van der Waals surface area contributed by atoms with Gasteiger partial charge in [-0.05, 0) is 36.3 Å². The Labute approximate surface area is 192 Å². The van der Waals surface area contributed by atoms with Gasteiger partial charge in [-0.25, -0.2) is 0 Å². The minimum absolute atomic E-state index is 0.0876. The van der Waals surface area contributed by atoms with Crippen LogP contribution in [0.5, 0.6) is 11.5 Å². The first-order valence-electron chi connectivity index (χ1n) is 9.60. The standard InChI is InChI=1S/C21H17N3O6S2/c25-19(22-14-4-1-2-5-15(14)24(27)28)6-3-9-23-20(26)18(32-21(23)31)11-13-7-8-16-17(10-13)30-12-29-16/h1-2,4-5,7-8,10-11H,3,6,9,12H2,(H,22,25)/b18-11-. The van der Waals surface area contributed by atoms with Crippen LogP contribution >= 0.6 is 24.0 Å². The number of amides is 2. The molecule has 0 aromatic heterocycles. The monoisotopic (exact) mass is 471 g/mol. The van der Waals surface area contributed by atoms with Crippen LogP contribution in [0.3, 0.4) is 0 Å². The molecule has 0 spiro atoms. The lowest BCUT2D eigenvalue weighted by Crippen LogP contribution is -2.29. The lowest BCUT2D eigenvalue weighted by Gasteiger charge is -2.14. The maximum Gasteiger partial charge on any atom is 0.292 e. The third-order valence-corrected chi connectivity index (χ3v) is 6.11. The van der Waals surface area contributed by atoms with Gasteiger partial charge in [0.25, 0.3) is 11.6 Å². The fourth-order valence-electron chi connectivity index (χ4n) is 3.20. The molecule has 2 aromatic carbocycles. The minimum atomic E-state index is -0.553. The third-order valence-electron chi connectivity index (χ3n) is 4.73. The minimum Gasteiger partial charge on any atom is -0.454 e. The van der Waals surface area contributed by atoms with Crippen molar-refractivity contribution >= 4 is 57.6 Å². The number of nitrogens with zero attached hydrogens (tertiary/aromatic N) is 2. The van der Waals surface area contributed by atoms with Crippen molar-refractivity contribution < 1.29 is 24.0 Å². The molecule has 0 aliphatic carbocycles. The van der Waals surface area contributed by atoms with E-state index in [1.165, 1.54) is 34.9 Å². The van der Waals surface area contributed by atoms with E-state index >= 15 is 0 Å². The van der Waals surface area contributed by atoms with Gasteiger partial charge in [0, 0.05) is 19.0 Å². The number of hydrogen-bond acceptors (Lipinski definition) is 8. The van der Waals surface area contributed by atoms with Crippen LogP contribution in [0.25, 0.3) is 6.08 Å². The average Bonchev–Trinajstić information content (AvgIpc) is 3.33. The fourth-order valence-corrected chi connectivity index (χ4v) is 4.50. The topological polar surface area (TPSA) is 111 Å². The average molecular weight is 472 g/mol. The highest BCUT2D eigenvalue weighted by atomic mass is 32.2. The number of fused-ring (bicyclic) bond motifs is 1. The summed E-state index contributed by atoms with van der Waals surface area (Å²) in [6.07, 6.45) is 2.18. The van der Waals surface area contributed by atoms with Crippen LogP contribution < -0.4 is 14.8 Å². The summed E-state index contributed by atoms with van der Waals surface area (Å²) in [6, 6.07) is 11.3. The number of hydrogen-bond donors (Lipinski definition) is 1. The Morgan fingerprint density at radius 1 is 1.25 bits per heavy atom. The van der Waals surface area contributed by atoms with Gasteiger partial charge in [0.1, 0.15) is 10.0 Å². The quantitative estimate of drug-likeness (QED) is 0.280. The molecule has 4 rings (SSSR count). The zero-order chi connectivity index (χ0) is 22.7. The summed E-state index contributed by atoms with van der Waals surface area (Å²) in [5.41, 5.74) is 0.754. The van der Waals surface area contributed by atoms with E-state index in [0.717, 1.165) is 5.56 Å². The predicted octanol–water partition coefficient (Wildman–Crippen LogP) is 3.94. The van der Waals surface area contributed by atoms with Crippen LogP contribution in [-0.2, 0) is 9.59 Å². The van der Waals surface area contributed by atoms with E-state index in [2.05, 4.69) is 5.32 Å². The maximum atomic E-state index is 12.8. The summed E-state index contributed by atoms with van der Waals surface area (Å²) in [7, 11) is 0. The molecule has 2 heterocycles. The second kappa shape index (κ2) is 9.37. The van der Waals surface area contributed by atoms with Crippen LogP contribution in [0, 0.1) is 10.1 Å². The molecule has 2 aliphatic heterocycles. The van der Waals surface area contributed by atoms with Crippen molar-refractivity contribution in [3.63, 3.8) is 0 Å². The van der Waals surface area contributed by atoms with E-state index in [4.69, 9.17) is 21.7 Å². The van der Waals surface area contributed by atoms with Crippen LogP contribution in [0.1, 0.15) is 18.4 Å². The Morgan fingerprint density at radius 3 is 2.84 bits per heavy atom. The number of carbonyl (C=O) groups is 2. The third kappa shape index (κ3) is 4.73. The molecule has 1 saturated heterocycles. The van der Waals surface area contributed by atoms with Gasteiger partial charge in [0.05, 0.1) is 9.83 Å². The van der Waals surface area contributed by atoms with Gasteiger partial charge in [-0.2, -0.15) is 0 Å². The molecular formula is C21H17N3O6S2. The number of anilines is 1. The number of benzene rings is 2. The normalized spacial score (nSPS) is 16.0. The molecule has 2 aliphatic rings. The number of ether oxygens (including phenoxy) is 2. The van der Waals surface area contributed by atoms with E-state index in [0.29, 0.717) is 27.1 Å². The van der Waals surface area contributed by atoms with Crippen molar-refractivity contribution in [3.8, 4) is 11.5 Å². The molecule has 11 heteroatoms. The Kier molecular flexibility index (Phi) is 6.37. The molecule has 0 saturated carbocycles. The van der Waals surface area contributed by atoms with E-state index in [9.17, 15) is 19.7 Å². The molecule has 0 bridgehead atoms. The van der Waals surface area contributed by atoms with Crippen LogP contribution in [0.2, 0.25) is 0 Å². The molecule has 0 radical (unpaired) electrons. The van der Waals surface area contributed by atoms with Gasteiger partial charge in [-0.3, -0.25) is 24.6 Å². The summed E-state index contributed by atoms with van der Waals surface area (Å²) in [5.74, 6) is 0.685. The van der Waals surface area contributed by atoms with Gasteiger partial charge < -0.3 is 14.8 Å². The second-order valence-corrected chi connectivity index (χ2v) is 8.55. The SMILES string of the molecule is O=C(CCCN1C(=O)/C(=C/c2ccc3c(c2)OCO3)SC1=S)Nc1ccccc1[N+](=O)[O-]. The summed E-state index contributed by atoms with van der Waals surface area (Å²) in [5, 5.41) is 13.6. The van der Waals surface area contributed by atoms with Gasteiger partial charge in [0.2, 0.25) is 12.7 Å². The first kappa shape index (κ1) is 21.8. The number of rotatable bonds is 7. The molecule has 1 N–H and O–H groups in total. The van der Waals surface area contributed by atoms with Crippen molar-refractivity contribution in [2.45, 2.75) is 12.8 Å². The predicted molar refractivity (Wildman–Crippen MR) is 123 cm³/mol. The second-order valence-electron chi connectivity index (χ2n) is 6.87. The Morgan fingerprint density at radius 2 is 2.03 bits per heavy atom. The zero-order valence-electron chi connectivity index (χ0n) is 16.6. The van der Waals surface area contributed by atoms with Gasteiger partial charge in [-0.15, -0.1) is 0 Å². The number of nitrogens with one attached hydrogen (secondary N) is 1. The molecule has 0 unspecified atom stereocenters. The molecule has 9 nitrogen and oxygen atoms in total. The number of para-hydroxylation sites is 2. The first-order valence-corrected chi connectivity index (χ1v) is 10.8. The van der Waals surface area contributed by atoms with E-state index in [1.54, 1.807) is 24.3 Å². The van der Waals surface area contributed by atoms with Gasteiger partial charge in [-0.1, -0.05) is 42.2 Å². The van der Waals surface area contributed by atoms with Gasteiger partial charge >= 0.3 is 0 Å². The Balaban J connectivity index is 1.33. The molecule has 164 valence electrons. The van der Waals surface area contributed by atoms with E-state index in [-0.39, 0.29) is 42.9 Å². The Bertz CT molecular complexity index is 1150. The summed E-state index contributed by atoms with van der Waals surface area (Å²) in [6.45, 7) is 0.444. The highest BCUT2D eigenvalue weighted by Crippen LogP contribution is 2.36. The smallest absolute Gasteiger partial charge is 0.292 e. The lowest BCUT2D eigenvalue weighted by molar-refractivity contribution is -0.383. The van der Waals surface area contributed by atoms with Crippen molar-refractivity contribution in [1.29, 1.82) is 0 Å².